The van der Waals surface area contributed by atoms with Crippen LogP contribution in [0.4, 0.5) is 0 Å². The maximum absolute atomic E-state index is 5.98. The van der Waals surface area contributed by atoms with Gasteiger partial charge in [-0.15, -0.1) is 0 Å². The highest BCUT2D eigenvalue weighted by Gasteiger charge is 2.28. The second kappa shape index (κ2) is 5.05. The lowest BCUT2D eigenvalue weighted by Crippen LogP contribution is -2.50. The van der Waals surface area contributed by atoms with Crippen LogP contribution in [0.25, 0.3) is 0 Å². The largest absolute Gasteiger partial charge is 0.487 e. The van der Waals surface area contributed by atoms with Crippen molar-refractivity contribution < 1.29 is 4.74 Å². The van der Waals surface area contributed by atoms with E-state index in [1.165, 1.54) is 13.0 Å². The summed E-state index contributed by atoms with van der Waals surface area (Å²) in [6.07, 6.45) is 6.21. The van der Waals surface area contributed by atoms with Gasteiger partial charge in [0.2, 0.25) is 0 Å². The molecule has 94 valence electrons. The molecule has 0 amide bonds. The number of nitrogens with zero attached hydrogens (tertiary/aromatic N) is 2. The Morgan fingerprint density at radius 3 is 2.88 bits per heavy atom. The summed E-state index contributed by atoms with van der Waals surface area (Å²) in [7, 11) is 0. The lowest BCUT2D eigenvalue weighted by molar-refractivity contribution is 0.0345. The van der Waals surface area contributed by atoms with E-state index >= 15 is 0 Å². The van der Waals surface area contributed by atoms with Crippen LogP contribution in [0, 0.1) is 0 Å². The second-order valence-corrected chi connectivity index (χ2v) is 5.69. The van der Waals surface area contributed by atoms with E-state index in [1.807, 2.05) is 12.1 Å². The Hall–Kier alpha value is -1.09. The van der Waals surface area contributed by atoms with E-state index in [-0.39, 0.29) is 5.54 Å². The van der Waals surface area contributed by atoms with Gasteiger partial charge in [-0.25, -0.2) is 0 Å². The number of pyridine rings is 1. The highest BCUT2D eigenvalue weighted by atomic mass is 16.5. The monoisotopic (exact) mass is 234 g/mol. The van der Waals surface area contributed by atoms with Crippen molar-refractivity contribution in [3.63, 3.8) is 0 Å². The average Bonchev–Trinajstić information content (AvgIpc) is 2.29. The number of aromatic nitrogens is 1. The summed E-state index contributed by atoms with van der Waals surface area (Å²) in [6, 6.07) is 3.89. The number of likely N-dealkylation sites (tertiary alicyclic amines) is 1. The summed E-state index contributed by atoms with van der Waals surface area (Å²) >= 11 is 0. The zero-order chi connectivity index (χ0) is 12.3. The van der Waals surface area contributed by atoms with Crippen LogP contribution in [0.1, 0.15) is 33.6 Å². The molecule has 0 aromatic carbocycles. The maximum Gasteiger partial charge on any atom is 0.138 e. The van der Waals surface area contributed by atoms with Crippen LogP contribution in [-0.2, 0) is 0 Å². The molecule has 1 aliphatic rings. The molecule has 0 aliphatic carbocycles. The lowest BCUT2D eigenvalue weighted by atomic mass is 9.99. The lowest BCUT2D eigenvalue weighted by Gasteiger charge is -2.41. The molecule has 1 aromatic rings. The first kappa shape index (κ1) is 12.4. The molecule has 0 saturated carbocycles. The van der Waals surface area contributed by atoms with Crippen molar-refractivity contribution in [3.05, 3.63) is 24.5 Å². The summed E-state index contributed by atoms with van der Waals surface area (Å²) in [4.78, 5) is 6.58. The van der Waals surface area contributed by atoms with Crippen LogP contribution in [0.3, 0.4) is 0 Å². The van der Waals surface area contributed by atoms with E-state index in [2.05, 4.69) is 30.7 Å². The first-order valence-corrected chi connectivity index (χ1v) is 6.37. The molecule has 1 aromatic heterocycles. The average molecular weight is 234 g/mol. The van der Waals surface area contributed by atoms with Gasteiger partial charge in [-0.2, -0.15) is 0 Å². The highest BCUT2D eigenvalue weighted by Crippen LogP contribution is 2.23. The highest BCUT2D eigenvalue weighted by molar-refractivity contribution is 5.16. The minimum atomic E-state index is 0.233. The molecule has 1 aliphatic heterocycles. The third-order valence-corrected chi connectivity index (χ3v) is 3.26. The molecular weight excluding hydrogens is 212 g/mol. The predicted molar refractivity (Wildman–Crippen MR) is 69.2 cm³/mol. The Balaban J connectivity index is 1.94. The molecular formula is C14H22N2O. The van der Waals surface area contributed by atoms with Crippen molar-refractivity contribution in [1.82, 2.24) is 9.88 Å². The molecule has 3 heteroatoms. The first-order valence-electron chi connectivity index (χ1n) is 6.37. The first-order chi connectivity index (χ1) is 8.05. The van der Waals surface area contributed by atoms with E-state index in [4.69, 9.17) is 4.74 Å². The van der Waals surface area contributed by atoms with Crippen molar-refractivity contribution in [2.24, 2.45) is 0 Å². The number of rotatable bonds is 2. The van der Waals surface area contributed by atoms with E-state index in [9.17, 15) is 0 Å². The van der Waals surface area contributed by atoms with Crippen LogP contribution in [0.5, 0.6) is 5.75 Å². The van der Waals surface area contributed by atoms with Crippen LogP contribution in [0.2, 0.25) is 0 Å². The third-order valence-electron chi connectivity index (χ3n) is 3.26. The standard InChI is InChI=1S/C14H22N2O/c1-14(2,3)16-9-5-7-13(11-16)17-12-6-4-8-15-10-12/h4,6,8,10,13H,5,7,9,11H2,1-3H3. The fraction of sp³-hybridized carbons (Fsp3) is 0.643. The molecule has 1 unspecified atom stereocenters. The summed E-state index contributed by atoms with van der Waals surface area (Å²) in [6.45, 7) is 8.98. The SMILES string of the molecule is CC(C)(C)N1CCCC(Oc2cccnc2)C1. The minimum absolute atomic E-state index is 0.233. The molecule has 1 atom stereocenters. The Morgan fingerprint density at radius 1 is 1.41 bits per heavy atom. The molecule has 0 bridgehead atoms. The van der Waals surface area contributed by atoms with Crippen molar-refractivity contribution >= 4 is 0 Å². The zero-order valence-electron chi connectivity index (χ0n) is 11.0. The van der Waals surface area contributed by atoms with E-state index < -0.39 is 0 Å². The normalized spacial score (nSPS) is 22.4. The zero-order valence-corrected chi connectivity index (χ0v) is 11.0. The summed E-state index contributed by atoms with van der Waals surface area (Å²) in [5.74, 6) is 0.883. The van der Waals surface area contributed by atoms with Crippen molar-refractivity contribution in [2.75, 3.05) is 13.1 Å². The fourth-order valence-electron chi connectivity index (χ4n) is 2.25. The van der Waals surface area contributed by atoms with Gasteiger partial charge in [-0.3, -0.25) is 9.88 Å². The van der Waals surface area contributed by atoms with Gasteiger partial charge in [0.05, 0.1) is 6.20 Å². The number of ether oxygens (including phenoxy) is 1. The topological polar surface area (TPSA) is 25.4 Å². The van der Waals surface area contributed by atoms with Gasteiger partial charge in [-0.1, -0.05) is 0 Å². The van der Waals surface area contributed by atoms with Gasteiger partial charge >= 0.3 is 0 Å². The molecule has 3 nitrogen and oxygen atoms in total. The van der Waals surface area contributed by atoms with E-state index in [0.29, 0.717) is 6.10 Å². The van der Waals surface area contributed by atoms with E-state index in [0.717, 1.165) is 18.7 Å². The minimum Gasteiger partial charge on any atom is -0.487 e. The number of hydrogen-bond donors (Lipinski definition) is 0. The molecule has 1 saturated heterocycles. The van der Waals surface area contributed by atoms with Gasteiger partial charge in [-0.05, 0) is 52.3 Å². The Labute approximate surface area is 104 Å². The van der Waals surface area contributed by atoms with Crippen LogP contribution < -0.4 is 4.74 Å². The molecule has 1 fully saturated rings. The number of hydrogen-bond acceptors (Lipinski definition) is 3. The Bertz CT molecular complexity index is 345. The summed E-state index contributed by atoms with van der Waals surface area (Å²) in [5.41, 5.74) is 0.233. The maximum atomic E-state index is 5.98. The predicted octanol–water partition coefficient (Wildman–Crippen LogP) is 2.72. The molecule has 2 rings (SSSR count). The molecule has 2 heterocycles. The third kappa shape index (κ3) is 3.43. The van der Waals surface area contributed by atoms with Gasteiger partial charge < -0.3 is 4.74 Å². The smallest absolute Gasteiger partial charge is 0.138 e. The van der Waals surface area contributed by atoms with Crippen molar-refractivity contribution in [3.8, 4) is 5.75 Å². The Kier molecular flexibility index (Phi) is 3.67. The van der Waals surface area contributed by atoms with Crippen LogP contribution >= 0.6 is 0 Å². The molecule has 0 spiro atoms. The van der Waals surface area contributed by atoms with Crippen molar-refractivity contribution in [2.45, 2.75) is 45.3 Å². The van der Waals surface area contributed by atoms with Gasteiger partial charge in [0.15, 0.2) is 0 Å². The van der Waals surface area contributed by atoms with Gasteiger partial charge in [0.1, 0.15) is 11.9 Å². The molecule has 0 radical (unpaired) electrons. The number of piperidine rings is 1. The quantitative estimate of drug-likeness (QED) is 0.786. The Morgan fingerprint density at radius 2 is 2.24 bits per heavy atom. The van der Waals surface area contributed by atoms with Crippen molar-refractivity contribution in [1.29, 1.82) is 0 Å². The van der Waals surface area contributed by atoms with Gasteiger partial charge in [0, 0.05) is 18.3 Å². The summed E-state index contributed by atoms with van der Waals surface area (Å²) in [5, 5.41) is 0. The second-order valence-electron chi connectivity index (χ2n) is 5.69. The fourth-order valence-corrected chi connectivity index (χ4v) is 2.25. The van der Waals surface area contributed by atoms with Crippen LogP contribution in [-0.4, -0.2) is 34.6 Å². The van der Waals surface area contributed by atoms with Gasteiger partial charge in [0.25, 0.3) is 0 Å². The van der Waals surface area contributed by atoms with Crippen LogP contribution in [0.15, 0.2) is 24.5 Å². The molecule has 17 heavy (non-hydrogen) atoms. The molecule has 0 N–H and O–H groups in total. The summed E-state index contributed by atoms with van der Waals surface area (Å²) < 4.78 is 5.98. The van der Waals surface area contributed by atoms with E-state index in [1.54, 1.807) is 12.4 Å².